The van der Waals surface area contributed by atoms with Crippen molar-refractivity contribution in [3.05, 3.63) is 103 Å². The van der Waals surface area contributed by atoms with Crippen LogP contribution < -0.4 is 9.80 Å². The third-order valence-corrected chi connectivity index (χ3v) is 7.46. The average Bonchev–Trinajstić information content (AvgIpc) is 3.19. The number of hydrogen-bond donors (Lipinski definition) is 1. The van der Waals surface area contributed by atoms with Crippen LogP contribution in [0.1, 0.15) is 24.1 Å². The van der Waals surface area contributed by atoms with E-state index >= 15 is 0 Å². The molecule has 0 saturated carbocycles. The Hall–Kier alpha value is -4.72. The van der Waals surface area contributed by atoms with E-state index in [1.807, 2.05) is 72.8 Å². The second-order valence-electron chi connectivity index (χ2n) is 9.92. The smallest absolute Gasteiger partial charge is 0.247 e. The van der Waals surface area contributed by atoms with Gasteiger partial charge in [-0.1, -0.05) is 54.6 Å². The molecule has 1 aromatic heterocycles. The number of benzene rings is 3. The lowest BCUT2D eigenvalue weighted by atomic mass is 9.98. The number of hydrogen-bond acceptors (Lipinski definition) is 4. The fraction of sp³-hybridized carbons (Fsp3) is 0.226. The largest absolute Gasteiger partial charge is 0.311 e. The second kappa shape index (κ2) is 10.6. The van der Waals surface area contributed by atoms with Gasteiger partial charge in [-0.25, -0.2) is 0 Å². The lowest BCUT2D eigenvalue weighted by molar-refractivity contribution is -0.140. The summed E-state index contributed by atoms with van der Waals surface area (Å²) in [5.74, 6) is -1.97. The molecule has 3 aromatic carbocycles. The van der Waals surface area contributed by atoms with Gasteiger partial charge in [0.1, 0.15) is 12.5 Å². The molecule has 0 aliphatic carbocycles. The first kappa shape index (κ1) is 24.6. The zero-order chi connectivity index (χ0) is 26.8. The molecule has 8 nitrogen and oxygen atoms in total. The zero-order valence-corrected chi connectivity index (χ0v) is 21.5. The van der Waals surface area contributed by atoms with Gasteiger partial charge >= 0.3 is 0 Å². The van der Waals surface area contributed by atoms with Crippen molar-refractivity contribution in [3.8, 4) is 0 Å². The number of anilines is 2. The number of H-pyrrole nitrogens is 1. The maximum absolute atomic E-state index is 13.9. The molecule has 3 heterocycles. The lowest BCUT2D eigenvalue weighted by Crippen LogP contribution is -2.45. The van der Waals surface area contributed by atoms with Crippen molar-refractivity contribution >= 4 is 40.0 Å². The normalized spacial score (nSPS) is 17.7. The topological polar surface area (TPSA) is 89.6 Å². The van der Waals surface area contributed by atoms with E-state index in [1.165, 1.54) is 9.80 Å². The first-order valence-electron chi connectivity index (χ1n) is 13.3. The Labute approximate surface area is 226 Å². The van der Waals surface area contributed by atoms with E-state index in [0.717, 1.165) is 41.4 Å². The number of nitrogens with zero attached hydrogens (tertiary/aromatic N) is 4. The van der Waals surface area contributed by atoms with Crippen LogP contribution in [0.2, 0.25) is 0 Å². The Kier molecular flexibility index (Phi) is 6.67. The summed E-state index contributed by atoms with van der Waals surface area (Å²) < 4.78 is 0. The number of aromatic nitrogens is 2. The SMILES string of the molecule is O=C1[C@@H](Cc2[nH]nc3ccccc23)C(=O)N(c2ccccc2)C=CN1CC(=O)N1CCCCc2ccccc21. The molecule has 0 spiro atoms. The van der Waals surface area contributed by atoms with Crippen LogP contribution in [0, 0.1) is 5.92 Å². The summed E-state index contributed by atoms with van der Waals surface area (Å²) in [6, 6.07) is 24.8. The first-order chi connectivity index (χ1) is 19.1. The van der Waals surface area contributed by atoms with Crippen LogP contribution in [-0.2, 0) is 27.2 Å². The highest BCUT2D eigenvalue weighted by Gasteiger charge is 2.38. The molecule has 6 rings (SSSR count). The van der Waals surface area contributed by atoms with Crippen LogP contribution in [0.15, 0.2) is 91.3 Å². The highest BCUT2D eigenvalue weighted by Crippen LogP contribution is 2.28. The number of aryl methyl sites for hydroxylation is 1. The summed E-state index contributed by atoms with van der Waals surface area (Å²) in [6.07, 6.45) is 6.10. The number of aromatic amines is 1. The van der Waals surface area contributed by atoms with Crippen LogP contribution in [0.3, 0.4) is 0 Å². The molecule has 0 unspecified atom stereocenters. The van der Waals surface area contributed by atoms with E-state index in [9.17, 15) is 14.4 Å². The standard InChI is InChI=1S/C31H29N5O3/c37-29(36-17-9-8-11-22-10-4-7-16-28(22)36)21-34-18-19-35(23-12-2-1-3-13-23)31(39)25(30(34)38)20-27-24-14-5-6-15-26(24)32-33-27/h1-7,10,12-16,18-19,25H,8-9,11,17,20-21H2,(H,32,33)/t25-/m1/s1. The van der Waals surface area contributed by atoms with Crippen LogP contribution in [0.5, 0.6) is 0 Å². The zero-order valence-electron chi connectivity index (χ0n) is 21.5. The van der Waals surface area contributed by atoms with Gasteiger partial charge in [0.25, 0.3) is 0 Å². The van der Waals surface area contributed by atoms with Crippen molar-refractivity contribution in [2.24, 2.45) is 5.92 Å². The van der Waals surface area contributed by atoms with Crippen molar-refractivity contribution in [2.45, 2.75) is 25.7 Å². The number of carbonyl (C=O) groups is 3. The number of rotatable bonds is 5. The summed E-state index contributed by atoms with van der Waals surface area (Å²) >= 11 is 0. The van der Waals surface area contributed by atoms with Crippen molar-refractivity contribution in [3.63, 3.8) is 0 Å². The molecule has 0 fully saturated rings. The molecule has 39 heavy (non-hydrogen) atoms. The van der Waals surface area contributed by atoms with E-state index in [1.54, 1.807) is 17.3 Å². The molecule has 0 radical (unpaired) electrons. The van der Waals surface area contributed by atoms with Crippen LogP contribution >= 0.6 is 0 Å². The minimum Gasteiger partial charge on any atom is -0.311 e. The fourth-order valence-electron chi connectivity index (χ4n) is 5.43. The molecule has 1 N–H and O–H groups in total. The molecule has 196 valence electrons. The third kappa shape index (κ3) is 4.81. The molecule has 8 heteroatoms. The molecular formula is C31H29N5O3. The Balaban J connectivity index is 1.33. The summed E-state index contributed by atoms with van der Waals surface area (Å²) in [5, 5.41) is 8.22. The van der Waals surface area contributed by atoms with Crippen LogP contribution in [0.25, 0.3) is 10.9 Å². The molecule has 0 saturated heterocycles. The van der Waals surface area contributed by atoms with E-state index in [-0.39, 0.29) is 24.8 Å². The van der Waals surface area contributed by atoms with Crippen molar-refractivity contribution in [2.75, 3.05) is 22.9 Å². The number of carbonyl (C=O) groups excluding carboxylic acids is 3. The molecular weight excluding hydrogens is 490 g/mol. The van der Waals surface area contributed by atoms with Gasteiger partial charge in [-0.05, 0) is 49.1 Å². The maximum Gasteiger partial charge on any atom is 0.247 e. The van der Waals surface area contributed by atoms with Gasteiger partial charge in [-0.15, -0.1) is 0 Å². The highest BCUT2D eigenvalue weighted by molar-refractivity contribution is 6.11. The first-order valence-corrected chi connectivity index (χ1v) is 13.3. The van der Waals surface area contributed by atoms with Crippen LogP contribution in [-0.4, -0.2) is 45.9 Å². The monoisotopic (exact) mass is 519 g/mol. The number of nitrogens with one attached hydrogen (secondary N) is 1. The van der Waals surface area contributed by atoms with Gasteiger partial charge in [-0.2, -0.15) is 5.10 Å². The van der Waals surface area contributed by atoms with Crippen molar-refractivity contribution < 1.29 is 14.4 Å². The lowest BCUT2D eigenvalue weighted by Gasteiger charge is -2.27. The van der Waals surface area contributed by atoms with Crippen LogP contribution in [0.4, 0.5) is 11.4 Å². The molecule has 0 bridgehead atoms. The van der Waals surface area contributed by atoms with Gasteiger partial charge in [0.15, 0.2) is 0 Å². The van der Waals surface area contributed by atoms with E-state index < -0.39 is 11.8 Å². The van der Waals surface area contributed by atoms with Gasteiger partial charge < -0.3 is 9.80 Å². The van der Waals surface area contributed by atoms with E-state index in [4.69, 9.17) is 0 Å². The Morgan fingerprint density at radius 1 is 0.872 bits per heavy atom. The predicted octanol–water partition coefficient (Wildman–Crippen LogP) is 4.44. The minimum atomic E-state index is -1.03. The summed E-state index contributed by atoms with van der Waals surface area (Å²) in [4.78, 5) is 46.1. The molecule has 4 aromatic rings. The summed E-state index contributed by atoms with van der Waals surface area (Å²) in [6.45, 7) is 0.444. The van der Waals surface area contributed by atoms with Gasteiger partial charge in [-0.3, -0.25) is 24.4 Å². The molecule has 2 aliphatic heterocycles. The Morgan fingerprint density at radius 3 is 2.51 bits per heavy atom. The Bertz CT molecular complexity index is 1560. The Morgan fingerprint density at radius 2 is 1.64 bits per heavy atom. The maximum atomic E-state index is 13.9. The molecule has 1 atom stereocenters. The predicted molar refractivity (Wildman–Crippen MR) is 150 cm³/mol. The van der Waals surface area contributed by atoms with Crippen molar-refractivity contribution in [1.82, 2.24) is 15.1 Å². The molecule has 3 amide bonds. The van der Waals surface area contributed by atoms with Gasteiger partial charge in [0, 0.05) is 47.8 Å². The quantitative estimate of drug-likeness (QED) is 0.395. The number of fused-ring (bicyclic) bond motifs is 2. The highest BCUT2D eigenvalue weighted by atomic mass is 16.2. The average molecular weight is 520 g/mol. The van der Waals surface area contributed by atoms with Gasteiger partial charge in [0.05, 0.1) is 5.52 Å². The van der Waals surface area contributed by atoms with Crippen molar-refractivity contribution in [1.29, 1.82) is 0 Å². The summed E-state index contributed by atoms with van der Waals surface area (Å²) in [5.41, 5.74) is 4.16. The van der Waals surface area contributed by atoms with Gasteiger partial charge in [0.2, 0.25) is 17.7 Å². The minimum absolute atomic E-state index is 0.139. The third-order valence-electron chi connectivity index (χ3n) is 7.46. The number of para-hydroxylation sites is 3. The van der Waals surface area contributed by atoms with E-state index in [0.29, 0.717) is 17.9 Å². The molecule has 2 aliphatic rings. The number of amides is 3. The second-order valence-corrected chi connectivity index (χ2v) is 9.92. The fourth-order valence-corrected chi connectivity index (χ4v) is 5.43. The summed E-state index contributed by atoms with van der Waals surface area (Å²) in [7, 11) is 0. The van der Waals surface area contributed by atoms with E-state index in [2.05, 4.69) is 16.3 Å².